The van der Waals surface area contributed by atoms with Crippen molar-refractivity contribution in [2.24, 2.45) is 0 Å². The monoisotopic (exact) mass is 283 g/mol. The van der Waals surface area contributed by atoms with Gasteiger partial charge in [0.2, 0.25) is 5.82 Å². The van der Waals surface area contributed by atoms with E-state index in [0.717, 1.165) is 41.9 Å². The highest BCUT2D eigenvalue weighted by Gasteiger charge is 2.19. The predicted octanol–water partition coefficient (Wildman–Crippen LogP) is 2.60. The van der Waals surface area contributed by atoms with Crippen LogP contribution >= 0.6 is 0 Å². The topological polar surface area (TPSA) is 59.5 Å². The Morgan fingerprint density at radius 2 is 1.90 bits per heavy atom. The Balaban J connectivity index is 1.93. The summed E-state index contributed by atoms with van der Waals surface area (Å²) >= 11 is 0. The highest BCUT2D eigenvalue weighted by Crippen LogP contribution is 2.26. The van der Waals surface area contributed by atoms with E-state index in [9.17, 15) is 0 Å². The van der Waals surface area contributed by atoms with Gasteiger partial charge in [-0.1, -0.05) is 0 Å². The van der Waals surface area contributed by atoms with E-state index < -0.39 is 0 Å². The van der Waals surface area contributed by atoms with Gasteiger partial charge in [0.25, 0.3) is 0 Å². The van der Waals surface area contributed by atoms with Crippen molar-refractivity contribution in [3.63, 3.8) is 0 Å². The Labute approximate surface area is 122 Å². The zero-order chi connectivity index (χ0) is 14.4. The minimum absolute atomic E-state index is 0.711. The number of aromatic nitrogens is 4. The van der Waals surface area contributed by atoms with Crippen molar-refractivity contribution in [3.8, 4) is 11.6 Å². The number of rotatable bonds is 2. The molecule has 0 N–H and O–H groups in total. The van der Waals surface area contributed by atoms with Crippen molar-refractivity contribution in [2.75, 3.05) is 18.0 Å². The van der Waals surface area contributed by atoms with Gasteiger partial charge in [-0.05, 0) is 38.8 Å². The normalized spacial score (nSPS) is 15.2. The molecule has 1 fully saturated rings. The Kier molecular flexibility index (Phi) is 2.70. The number of anilines is 1. The fraction of sp³-hybridized carbons (Fsp3) is 0.400. The summed E-state index contributed by atoms with van der Waals surface area (Å²) in [6.07, 6.45) is 2.43. The molecule has 0 atom stereocenters. The van der Waals surface area contributed by atoms with Crippen LogP contribution in [0.1, 0.15) is 24.4 Å². The molecule has 6 heteroatoms. The summed E-state index contributed by atoms with van der Waals surface area (Å²) in [6, 6.07) is 5.88. The van der Waals surface area contributed by atoms with Gasteiger partial charge in [0.15, 0.2) is 11.4 Å². The second-order valence-electron chi connectivity index (χ2n) is 5.47. The van der Waals surface area contributed by atoms with E-state index in [-0.39, 0.29) is 0 Å². The molecule has 0 radical (unpaired) electrons. The summed E-state index contributed by atoms with van der Waals surface area (Å²) in [6.45, 7) is 5.91. The molecule has 4 rings (SSSR count). The molecule has 3 aromatic rings. The van der Waals surface area contributed by atoms with Gasteiger partial charge in [0.05, 0.1) is 0 Å². The Bertz CT molecular complexity index is 798. The molecule has 4 heterocycles. The smallest absolute Gasteiger partial charge is 0.200 e. The minimum atomic E-state index is 0.711. The summed E-state index contributed by atoms with van der Waals surface area (Å²) in [5.74, 6) is 3.99. The van der Waals surface area contributed by atoms with Crippen molar-refractivity contribution in [3.05, 3.63) is 29.8 Å². The van der Waals surface area contributed by atoms with Crippen LogP contribution in [0.5, 0.6) is 0 Å². The fourth-order valence-corrected chi connectivity index (χ4v) is 2.81. The maximum Gasteiger partial charge on any atom is 0.200 e. The molecule has 3 aromatic heterocycles. The molecule has 1 aliphatic heterocycles. The lowest BCUT2D eigenvalue weighted by Crippen LogP contribution is -2.19. The largest absolute Gasteiger partial charge is 0.458 e. The maximum atomic E-state index is 5.73. The third-order valence-corrected chi connectivity index (χ3v) is 3.81. The molecule has 1 saturated heterocycles. The SMILES string of the molecule is Cc1nc2cc(N3CCCC3)nc(-c3ccc(C)o3)n2n1. The summed E-state index contributed by atoms with van der Waals surface area (Å²) < 4.78 is 7.49. The lowest BCUT2D eigenvalue weighted by molar-refractivity contribution is 0.541. The first-order valence-electron chi connectivity index (χ1n) is 7.27. The van der Waals surface area contributed by atoms with Gasteiger partial charge in [-0.25, -0.2) is 9.97 Å². The Morgan fingerprint density at radius 1 is 1.10 bits per heavy atom. The zero-order valence-corrected chi connectivity index (χ0v) is 12.2. The van der Waals surface area contributed by atoms with Crippen LogP contribution < -0.4 is 4.90 Å². The van der Waals surface area contributed by atoms with Gasteiger partial charge >= 0.3 is 0 Å². The fourth-order valence-electron chi connectivity index (χ4n) is 2.81. The lowest BCUT2D eigenvalue weighted by atomic mass is 10.4. The third-order valence-electron chi connectivity index (χ3n) is 3.81. The number of hydrogen-bond acceptors (Lipinski definition) is 5. The van der Waals surface area contributed by atoms with Crippen molar-refractivity contribution >= 4 is 11.5 Å². The average molecular weight is 283 g/mol. The molecular formula is C15H17N5O. The second kappa shape index (κ2) is 4.58. The number of fused-ring (bicyclic) bond motifs is 1. The number of aryl methyl sites for hydroxylation is 2. The van der Waals surface area contributed by atoms with Crippen LogP contribution in [0.4, 0.5) is 5.82 Å². The molecule has 108 valence electrons. The van der Waals surface area contributed by atoms with E-state index in [1.807, 2.05) is 32.0 Å². The first-order valence-corrected chi connectivity index (χ1v) is 7.27. The molecule has 1 aliphatic rings. The molecule has 6 nitrogen and oxygen atoms in total. The lowest BCUT2D eigenvalue weighted by Gasteiger charge is -2.16. The third kappa shape index (κ3) is 2.07. The van der Waals surface area contributed by atoms with Gasteiger partial charge < -0.3 is 9.32 Å². The zero-order valence-electron chi connectivity index (χ0n) is 12.2. The quantitative estimate of drug-likeness (QED) is 0.723. The number of hydrogen-bond donors (Lipinski definition) is 0. The van der Waals surface area contributed by atoms with Crippen LogP contribution in [0.2, 0.25) is 0 Å². The van der Waals surface area contributed by atoms with E-state index in [0.29, 0.717) is 5.82 Å². The van der Waals surface area contributed by atoms with Crippen LogP contribution in [0.15, 0.2) is 22.6 Å². The van der Waals surface area contributed by atoms with Gasteiger partial charge in [-0.15, -0.1) is 5.10 Å². The maximum absolute atomic E-state index is 5.73. The first kappa shape index (κ1) is 12.4. The van der Waals surface area contributed by atoms with E-state index in [1.54, 1.807) is 4.52 Å². The summed E-state index contributed by atoms with van der Waals surface area (Å²) in [5.41, 5.74) is 0.813. The molecule has 0 spiro atoms. The molecule has 0 unspecified atom stereocenters. The van der Waals surface area contributed by atoms with Crippen LogP contribution in [0.3, 0.4) is 0 Å². The van der Waals surface area contributed by atoms with Gasteiger partial charge in [0, 0.05) is 19.2 Å². The first-order chi connectivity index (χ1) is 10.2. The van der Waals surface area contributed by atoms with Gasteiger partial charge in [0.1, 0.15) is 17.4 Å². The van der Waals surface area contributed by atoms with Crippen LogP contribution in [0.25, 0.3) is 17.2 Å². The molecule has 0 bridgehead atoms. The summed E-state index contributed by atoms with van der Waals surface area (Å²) in [7, 11) is 0. The van der Waals surface area contributed by atoms with Crippen LogP contribution in [-0.4, -0.2) is 32.7 Å². The molecule has 21 heavy (non-hydrogen) atoms. The molecule has 0 aliphatic carbocycles. The van der Waals surface area contributed by atoms with E-state index in [4.69, 9.17) is 9.40 Å². The van der Waals surface area contributed by atoms with Crippen LogP contribution in [-0.2, 0) is 0 Å². The number of furan rings is 1. The average Bonchev–Trinajstić information content (AvgIpc) is 3.16. The predicted molar refractivity (Wildman–Crippen MR) is 79.4 cm³/mol. The highest BCUT2D eigenvalue weighted by atomic mass is 16.3. The van der Waals surface area contributed by atoms with E-state index >= 15 is 0 Å². The van der Waals surface area contributed by atoms with Crippen LogP contribution in [0, 0.1) is 13.8 Å². The number of nitrogens with zero attached hydrogens (tertiary/aromatic N) is 5. The van der Waals surface area contributed by atoms with Crippen molar-refractivity contribution < 1.29 is 4.42 Å². The van der Waals surface area contributed by atoms with Gasteiger partial charge in [-0.3, -0.25) is 0 Å². The van der Waals surface area contributed by atoms with E-state index in [2.05, 4.69) is 15.0 Å². The summed E-state index contributed by atoms with van der Waals surface area (Å²) in [4.78, 5) is 11.5. The Morgan fingerprint density at radius 3 is 2.62 bits per heavy atom. The standard InChI is InChI=1S/C15H17N5O/c1-10-5-6-12(21-10)15-17-13(19-7-3-4-8-19)9-14-16-11(2)18-20(14)15/h5-6,9H,3-4,7-8H2,1-2H3. The van der Waals surface area contributed by atoms with Crippen molar-refractivity contribution in [2.45, 2.75) is 26.7 Å². The molecule has 0 aromatic carbocycles. The summed E-state index contributed by atoms with van der Waals surface area (Å²) in [5, 5.41) is 4.43. The Hall–Kier alpha value is -2.37. The van der Waals surface area contributed by atoms with Gasteiger partial charge in [-0.2, -0.15) is 4.52 Å². The molecule has 0 amide bonds. The highest BCUT2D eigenvalue weighted by molar-refractivity contribution is 5.60. The van der Waals surface area contributed by atoms with Crippen molar-refractivity contribution in [1.82, 2.24) is 19.6 Å². The molecule has 0 saturated carbocycles. The second-order valence-corrected chi connectivity index (χ2v) is 5.47. The van der Waals surface area contributed by atoms with E-state index in [1.165, 1.54) is 12.8 Å². The molecular weight excluding hydrogens is 266 g/mol. The van der Waals surface area contributed by atoms with Crippen molar-refractivity contribution in [1.29, 1.82) is 0 Å². The minimum Gasteiger partial charge on any atom is -0.458 e.